The smallest absolute Gasteiger partial charge is 0.417 e. The number of oxazole rings is 1. The second-order valence-corrected chi connectivity index (χ2v) is 4.08. The fraction of sp³-hybridized carbons (Fsp3) is 0.0833. The summed E-state index contributed by atoms with van der Waals surface area (Å²) in [6.07, 6.45) is 1.43. The van der Waals surface area contributed by atoms with Crippen LogP contribution >= 0.6 is 0 Å². The van der Waals surface area contributed by atoms with Gasteiger partial charge in [0.05, 0.1) is 17.5 Å². The first-order valence-electron chi connectivity index (χ1n) is 5.44. The number of fused-ring (bicyclic) bond motifs is 1. The van der Waals surface area contributed by atoms with Gasteiger partial charge in [0.1, 0.15) is 0 Å². The molecule has 0 aliphatic carbocycles. The van der Waals surface area contributed by atoms with Crippen LogP contribution in [-0.2, 0) is 7.05 Å². The van der Waals surface area contributed by atoms with E-state index >= 15 is 0 Å². The summed E-state index contributed by atoms with van der Waals surface area (Å²) < 4.78 is 6.51. The third-order valence-electron chi connectivity index (χ3n) is 2.83. The summed E-state index contributed by atoms with van der Waals surface area (Å²) in [6.45, 7) is 0. The maximum atomic E-state index is 11.1. The molecule has 1 aromatic carbocycles. The molecule has 3 aromatic rings. The zero-order valence-electron chi connectivity index (χ0n) is 9.88. The average molecular weight is 259 g/mol. The first-order valence-corrected chi connectivity index (χ1v) is 5.44. The van der Waals surface area contributed by atoms with Gasteiger partial charge in [-0.2, -0.15) is 0 Å². The Hall–Kier alpha value is -2.83. The molecule has 0 bridgehead atoms. The van der Waals surface area contributed by atoms with E-state index in [1.54, 1.807) is 29.8 Å². The highest BCUT2D eigenvalue weighted by molar-refractivity contribution is 5.94. The molecule has 3 rings (SSSR count). The summed E-state index contributed by atoms with van der Waals surface area (Å²) in [5.41, 5.74) is 2.01. The predicted octanol–water partition coefficient (Wildman–Crippen LogP) is 1.22. The first-order chi connectivity index (χ1) is 9.06. The number of benzene rings is 1. The number of carboxylic acids is 1. The van der Waals surface area contributed by atoms with E-state index in [2.05, 4.69) is 9.97 Å². The zero-order chi connectivity index (χ0) is 13.6. The fourth-order valence-electron chi connectivity index (χ4n) is 2.03. The maximum Gasteiger partial charge on any atom is 0.417 e. The summed E-state index contributed by atoms with van der Waals surface area (Å²) in [5, 5.41) is 9.11. The lowest BCUT2D eigenvalue weighted by atomic mass is 10.1. The van der Waals surface area contributed by atoms with Crippen molar-refractivity contribution in [1.29, 1.82) is 0 Å². The number of carbonyl (C=O) groups is 1. The molecule has 0 radical (unpaired) electrons. The average Bonchev–Trinajstić information content (AvgIpc) is 2.89. The number of nitrogens with one attached hydrogen (secondary N) is 1. The second kappa shape index (κ2) is 3.84. The number of carboxylic acid groups (broad SMARTS) is 1. The van der Waals surface area contributed by atoms with Crippen LogP contribution in [-0.4, -0.2) is 25.6 Å². The lowest BCUT2D eigenvalue weighted by Gasteiger charge is -2.03. The summed E-state index contributed by atoms with van der Waals surface area (Å²) in [4.78, 5) is 28.6. The Morgan fingerprint density at radius 2 is 2.26 bits per heavy atom. The van der Waals surface area contributed by atoms with Crippen LogP contribution in [0.25, 0.3) is 22.4 Å². The summed E-state index contributed by atoms with van der Waals surface area (Å²) in [6, 6.07) is 4.95. The van der Waals surface area contributed by atoms with Gasteiger partial charge in [0.2, 0.25) is 0 Å². The third-order valence-corrected chi connectivity index (χ3v) is 2.83. The number of hydrogen-bond donors (Lipinski definition) is 2. The number of aromatic carboxylic acids is 1. The van der Waals surface area contributed by atoms with Crippen molar-refractivity contribution in [1.82, 2.24) is 14.5 Å². The minimum Gasteiger partial charge on any atom is -0.476 e. The predicted molar refractivity (Wildman–Crippen MR) is 66.0 cm³/mol. The van der Waals surface area contributed by atoms with Crippen molar-refractivity contribution < 1.29 is 14.3 Å². The highest BCUT2D eigenvalue weighted by Gasteiger charge is 2.17. The summed E-state index contributed by atoms with van der Waals surface area (Å²) in [5.74, 6) is -1.65. The molecule has 2 N–H and O–H groups in total. The Balaban J connectivity index is 2.26. The molecule has 0 amide bonds. The van der Waals surface area contributed by atoms with Gasteiger partial charge in [0.15, 0.2) is 11.3 Å². The molecular weight excluding hydrogens is 250 g/mol. The van der Waals surface area contributed by atoms with Gasteiger partial charge in [-0.3, -0.25) is 4.98 Å². The molecule has 0 atom stereocenters. The third kappa shape index (κ3) is 1.71. The Morgan fingerprint density at radius 1 is 1.47 bits per heavy atom. The van der Waals surface area contributed by atoms with E-state index in [1.807, 2.05) is 0 Å². The van der Waals surface area contributed by atoms with Crippen LogP contribution in [0.5, 0.6) is 0 Å². The largest absolute Gasteiger partial charge is 0.476 e. The van der Waals surface area contributed by atoms with Crippen LogP contribution in [0.1, 0.15) is 10.5 Å². The molecule has 2 aromatic heterocycles. The molecular formula is C12H9N3O4. The number of aryl methyl sites for hydroxylation is 1. The summed E-state index contributed by atoms with van der Waals surface area (Å²) in [7, 11) is 1.71. The van der Waals surface area contributed by atoms with Crippen molar-refractivity contribution in [2.24, 2.45) is 7.05 Å². The Bertz CT molecular complexity index is 840. The van der Waals surface area contributed by atoms with E-state index in [-0.39, 0.29) is 5.69 Å². The van der Waals surface area contributed by atoms with Crippen LogP contribution in [0, 0.1) is 0 Å². The number of aromatic amines is 1. The first kappa shape index (κ1) is 11.3. The fourth-order valence-corrected chi connectivity index (χ4v) is 2.03. The Morgan fingerprint density at radius 3 is 3.00 bits per heavy atom. The van der Waals surface area contributed by atoms with E-state index in [0.29, 0.717) is 22.4 Å². The molecule has 0 saturated carbocycles. The number of imidazole rings is 1. The number of nitrogens with zero attached hydrogens (tertiary/aromatic N) is 2. The zero-order valence-corrected chi connectivity index (χ0v) is 9.88. The lowest BCUT2D eigenvalue weighted by Crippen LogP contribution is -2.01. The van der Waals surface area contributed by atoms with E-state index in [0.717, 1.165) is 0 Å². The SMILES string of the molecule is Cn1cnc(C(=O)O)c1-c1ccc2oc(=O)[nH]c2c1. The van der Waals surface area contributed by atoms with Crippen molar-refractivity contribution >= 4 is 17.1 Å². The minimum atomic E-state index is -1.10. The van der Waals surface area contributed by atoms with Gasteiger partial charge in [0, 0.05) is 12.6 Å². The van der Waals surface area contributed by atoms with E-state index in [4.69, 9.17) is 9.52 Å². The van der Waals surface area contributed by atoms with Gasteiger partial charge in [-0.1, -0.05) is 0 Å². The number of aromatic nitrogens is 3. The molecule has 96 valence electrons. The van der Waals surface area contributed by atoms with Gasteiger partial charge in [-0.15, -0.1) is 0 Å². The molecule has 0 aliphatic heterocycles. The van der Waals surface area contributed by atoms with Crippen LogP contribution in [0.3, 0.4) is 0 Å². The van der Waals surface area contributed by atoms with Gasteiger partial charge in [-0.05, 0) is 18.2 Å². The standard InChI is InChI=1S/C12H9N3O4/c1-15-5-13-9(11(16)17)10(15)6-2-3-8-7(4-6)14-12(18)19-8/h2-5H,1H3,(H,14,18)(H,16,17). The van der Waals surface area contributed by atoms with Crippen molar-refractivity contribution in [2.45, 2.75) is 0 Å². The van der Waals surface area contributed by atoms with Crippen molar-refractivity contribution in [3.63, 3.8) is 0 Å². The maximum absolute atomic E-state index is 11.1. The lowest BCUT2D eigenvalue weighted by molar-refractivity contribution is 0.0692. The normalized spacial score (nSPS) is 11.0. The quantitative estimate of drug-likeness (QED) is 0.720. The Labute approximate surface area is 106 Å². The van der Waals surface area contributed by atoms with Gasteiger partial charge < -0.3 is 14.1 Å². The van der Waals surface area contributed by atoms with E-state index in [9.17, 15) is 9.59 Å². The molecule has 2 heterocycles. The minimum absolute atomic E-state index is 0.0345. The number of H-pyrrole nitrogens is 1. The monoisotopic (exact) mass is 259 g/mol. The summed E-state index contributed by atoms with van der Waals surface area (Å²) >= 11 is 0. The van der Waals surface area contributed by atoms with Gasteiger partial charge >= 0.3 is 11.7 Å². The number of hydrogen-bond acceptors (Lipinski definition) is 4. The van der Waals surface area contributed by atoms with Crippen molar-refractivity contribution in [3.8, 4) is 11.3 Å². The molecule has 0 aliphatic rings. The Kier molecular flexibility index (Phi) is 2.28. The van der Waals surface area contributed by atoms with E-state index < -0.39 is 11.7 Å². The van der Waals surface area contributed by atoms with Gasteiger partial charge in [0.25, 0.3) is 0 Å². The van der Waals surface area contributed by atoms with Gasteiger partial charge in [-0.25, -0.2) is 14.6 Å². The van der Waals surface area contributed by atoms with Crippen molar-refractivity contribution in [3.05, 3.63) is 40.8 Å². The molecule has 0 spiro atoms. The second-order valence-electron chi connectivity index (χ2n) is 4.08. The molecule has 0 fully saturated rings. The van der Waals surface area contributed by atoms with Crippen LogP contribution in [0.2, 0.25) is 0 Å². The number of rotatable bonds is 2. The van der Waals surface area contributed by atoms with Crippen LogP contribution < -0.4 is 5.76 Å². The molecule has 0 saturated heterocycles. The van der Waals surface area contributed by atoms with Crippen LogP contribution in [0.4, 0.5) is 0 Å². The highest BCUT2D eigenvalue weighted by atomic mass is 16.4. The molecule has 7 heteroatoms. The molecule has 19 heavy (non-hydrogen) atoms. The van der Waals surface area contributed by atoms with Crippen LogP contribution in [0.15, 0.2) is 33.7 Å². The van der Waals surface area contributed by atoms with Crippen molar-refractivity contribution in [2.75, 3.05) is 0 Å². The molecule has 0 unspecified atom stereocenters. The highest BCUT2D eigenvalue weighted by Crippen LogP contribution is 2.25. The topological polar surface area (TPSA) is 101 Å². The molecule has 7 nitrogen and oxygen atoms in total. The van der Waals surface area contributed by atoms with E-state index in [1.165, 1.54) is 6.33 Å².